The van der Waals surface area contributed by atoms with Crippen LogP contribution in [0.1, 0.15) is 26.1 Å². The van der Waals surface area contributed by atoms with E-state index in [1.54, 1.807) is 0 Å². The van der Waals surface area contributed by atoms with Gasteiger partial charge in [0.15, 0.2) is 5.82 Å². The Morgan fingerprint density at radius 3 is 2.95 bits per heavy atom. The van der Waals surface area contributed by atoms with Crippen molar-refractivity contribution < 1.29 is 4.92 Å². The molecule has 1 aliphatic rings. The van der Waals surface area contributed by atoms with E-state index in [9.17, 15) is 10.1 Å². The summed E-state index contributed by atoms with van der Waals surface area (Å²) in [6.45, 7) is 5.24. The third-order valence-corrected chi connectivity index (χ3v) is 3.56. The van der Waals surface area contributed by atoms with Gasteiger partial charge in [-0.1, -0.05) is 13.8 Å². The van der Waals surface area contributed by atoms with Crippen molar-refractivity contribution in [3.05, 3.63) is 28.2 Å². The fourth-order valence-corrected chi connectivity index (χ4v) is 2.46. The number of nitro groups is 1. The second-order valence-electron chi connectivity index (χ2n) is 5.72. The monoisotopic (exact) mass is 261 g/mol. The zero-order chi connectivity index (χ0) is 13.6. The number of H-pyrrole nitrogens is 1. The molecule has 7 heteroatoms. The Kier molecular flexibility index (Phi) is 2.44. The molecule has 1 N–H and O–H groups in total. The van der Waals surface area contributed by atoms with Crippen LogP contribution in [0.2, 0.25) is 0 Å². The smallest absolute Gasteiger partial charge is 0.287 e. The molecule has 3 rings (SSSR count). The van der Waals surface area contributed by atoms with Gasteiger partial charge in [-0.2, -0.15) is 0 Å². The Bertz CT molecular complexity index is 640. The molecule has 7 nitrogen and oxygen atoms in total. The van der Waals surface area contributed by atoms with Crippen LogP contribution in [0, 0.1) is 15.5 Å². The number of nitrogens with zero attached hydrogens (tertiary/aromatic N) is 4. The minimum absolute atomic E-state index is 0.0439. The Hall–Kier alpha value is -2.18. The summed E-state index contributed by atoms with van der Waals surface area (Å²) in [7, 11) is 0. The summed E-state index contributed by atoms with van der Waals surface area (Å²) in [5.74, 6) is 1.63. The zero-order valence-electron chi connectivity index (χ0n) is 10.9. The SMILES string of the molecule is CC1(C)CCc2nnc(-c3cc([N+](=O)[O-])c[nH]3)n2C1. The number of rotatable bonds is 2. The summed E-state index contributed by atoms with van der Waals surface area (Å²) in [5.41, 5.74) is 0.883. The van der Waals surface area contributed by atoms with Gasteiger partial charge >= 0.3 is 0 Å². The minimum Gasteiger partial charge on any atom is -0.353 e. The lowest BCUT2D eigenvalue weighted by Crippen LogP contribution is -2.27. The van der Waals surface area contributed by atoms with Crippen molar-refractivity contribution in [3.8, 4) is 11.5 Å². The summed E-state index contributed by atoms with van der Waals surface area (Å²) >= 11 is 0. The van der Waals surface area contributed by atoms with Crippen molar-refractivity contribution >= 4 is 5.69 Å². The normalized spacial score (nSPS) is 17.2. The Labute approximate surface area is 109 Å². The van der Waals surface area contributed by atoms with Crippen molar-refractivity contribution in [2.24, 2.45) is 5.41 Å². The van der Waals surface area contributed by atoms with E-state index in [2.05, 4.69) is 33.6 Å². The molecule has 3 heterocycles. The number of aromatic amines is 1. The first-order valence-corrected chi connectivity index (χ1v) is 6.21. The first-order valence-electron chi connectivity index (χ1n) is 6.21. The molecule has 0 saturated carbocycles. The van der Waals surface area contributed by atoms with Crippen molar-refractivity contribution in [2.75, 3.05) is 0 Å². The summed E-state index contributed by atoms with van der Waals surface area (Å²) in [6.07, 6.45) is 3.35. The van der Waals surface area contributed by atoms with E-state index in [-0.39, 0.29) is 11.1 Å². The molecule has 0 atom stereocenters. The summed E-state index contributed by atoms with van der Waals surface area (Å²) in [6, 6.07) is 1.50. The molecule has 0 amide bonds. The topological polar surface area (TPSA) is 89.6 Å². The number of hydrogen-bond donors (Lipinski definition) is 1. The summed E-state index contributed by atoms with van der Waals surface area (Å²) in [4.78, 5) is 13.2. The summed E-state index contributed by atoms with van der Waals surface area (Å²) < 4.78 is 2.05. The average Bonchev–Trinajstić information content (AvgIpc) is 2.92. The molecule has 0 unspecified atom stereocenters. The van der Waals surface area contributed by atoms with E-state index < -0.39 is 4.92 Å². The largest absolute Gasteiger partial charge is 0.353 e. The second-order valence-corrected chi connectivity index (χ2v) is 5.72. The highest BCUT2D eigenvalue weighted by Crippen LogP contribution is 2.33. The molecule has 0 aliphatic carbocycles. The maximum Gasteiger partial charge on any atom is 0.287 e. The molecule has 2 aromatic heterocycles. The highest BCUT2D eigenvalue weighted by atomic mass is 16.6. The van der Waals surface area contributed by atoms with Gasteiger partial charge in [-0.05, 0) is 11.8 Å². The molecule has 2 aromatic rings. The zero-order valence-corrected chi connectivity index (χ0v) is 10.9. The molecule has 0 saturated heterocycles. The van der Waals surface area contributed by atoms with Crippen LogP contribution in [-0.4, -0.2) is 24.7 Å². The molecule has 0 spiro atoms. The van der Waals surface area contributed by atoms with E-state index in [0.29, 0.717) is 11.5 Å². The second kappa shape index (κ2) is 3.91. The maximum absolute atomic E-state index is 10.7. The Balaban J connectivity index is 2.02. The molecule has 100 valence electrons. The Morgan fingerprint density at radius 1 is 1.47 bits per heavy atom. The van der Waals surface area contributed by atoms with E-state index in [1.807, 2.05) is 0 Å². The number of fused-ring (bicyclic) bond motifs is 1. The van der Waals surface area contributed by atoms with Gasteiger partial charge in [0.2, 0.25) is 0 Å². The lowest BCUT2D eigenvalue weighted by molar-refractivity contribution is -0.384. The van der Waals surface area contributed by atoms with E-state index in [4.69, 9.17) is 0 Å². The van der Waals surface area contributed by atoms with E-state index in [1.165, 1.54) is 12.3 Å². The minimum atomic E-state index is -0.419. The first-order chi connectivity index (χ1) is 8.96. The van der Waals surface area contributed by atoms with Crippen LogP contribution in [0.4, 0.5) is 5.69 Å². The maximum atomic E-state index is 10.7. The molecular weight excluding hydrogens is 246 g/mol. The van der Waals surface area contributed by atoms with Gasteiger partial charge < -0.3 is 9.55 Å². The van der Waals surface area contributed by atoms with Crippen LogP contribution in [0.5, 0.6) is 0 Å². The lowest BCUT2D eigenvalue weighted by Gasteiger charge is -2.30. The van der Waals surface area contributed by atoms with Gasteiger partial charge in [-0.25, -0.2) is 0 Å². The van der Waals surface area contributed by atoms with Gasteiger partial charge in [0.25, 0.3) is 5.69 Å². The fourth-order valence-electron chi connectivity index (χ4n) is 2.46. The third-order valence-electron chi connectivity index (χ3n) is 3.56. The molecule has 0 radical (unpaired) electrons. The van der Waals surface area contributed by atoms with Gasteiger partial charge in [0, 0.05) is 19.0 Å². The number of hydrogen-bond acceptors (Lipinski definition) is 4. The Morgan fingerprint density at radius 2 is 2.26 bits per heavy atom. The molecular formula is C12H15N5O2. The van der Waals surface area contributed by atoms with Crippen LogP contribution in [0.15, 0.2) is 12.3 Å². The summed E-state index contributed by atoms with van der Waals surface area (Å²) in [5, 5.41) is 19.1. The van der Waals surface area contributed by atoms with Crippen LogP contribution in [0.3, 0.4) is 0 Å². The van der Waals surface area contributed by atoms with Gasteiger partial charge in [-0.3, -0.25) is 10.1 Å². The van der Waals surface area contributed by atoms with Crippen molar-refractivity contribution in [1.29, 1.82) is 0 Å². The van der Waals surface area contributed by atoms with Crippen LogP contribution in [-0.2, 0) is 13.0 Å². The van der Waals surface area contributed by atoms with Crippen molar-refractivity contribution in [3.63, 3.8) is 0 Å². The highest BCUT2D eigenvalue weighted by molar-refractivity contribution is 5.55. The molecule has 1 aliphatic heterocycles. The van der Waals surface area contributed by atoms with Crippen LogP contribution in [0.25, 0.3) is 11.5 Å². The van der Waals surface area contributed by atoms with Crippen molar-refractivity contribution in [2.45, 2.75) is 33.2 Å². The number of nitrogens with one attached hydrogen (secondary N) is 1. The number of aryl methyl sites for hydroxylation is 1. The van der Waals surface area contributed by atoms with E-state index >= 15 is 0 Å². The van der Waals surface area contributed by atoms with Crippen LogP contribution < -0.4 is 0 Å². The van der Waals surface area contributed by atoms with Gasteiger partial charge in [0.1, 0.15) is 5.82 Å². The fraction of sp³-hybridized carbons (Fsp3) is 0.500. The quantitative estimate of drug-likeness (QED) is 0.662. The van der Waals surface area contributed by atoms with Crippen molar-refractivity contribution in [1.82, 2.24) is 19.7 Å². The predicted molar refractivity (Wildman–Crippen MR) is 68.6 cm³/mol. The van der Waals surface area contributed by atoms with Crippen LogP contribution >= 0.6 is 0 Å². The first kappa shape index (κ1) is 11.9. The van der Waals surface area contributed by atoms with Gasteiger partial charge in [-0.15, -0.1) is 10.2 Å². The number of aromatic nitrogens is 4. The third kappa shape index (κ3) is 2.00. The van der Waals surface area contributed by atoms with Gasteiger partial charge in [0.05, 0.1) is 16.8 Å². The molecule has 0 bridgehead atoms. The average molecular weight is 261 g/mol. The lowest BCUT2D eigenvalue weighted by atomic mass is 9.85. The standard InChI is InChI=1S/C12H15N5O2/c1-12(2)4-3-10-14-15-11(16(10)7-12)9-5-8(6-13-9)17(18)19/h5-6,13H,3-4,7H2,1-2H3. The predicted octanol–water partition coefficient (Wildman–Crippen LogP) is 2.15. The molecule has 0 aromatic carbocycles. The van der Waals surface area contributed by atoms with E-state index in [0.717, 1.165) is 25.2 Å². The molecule has 0 fully saturated rings. The molecule has 19 heavy (non-hydrogen) atoms. The highest BCUT2D eigenvalue weighted by Gasteiger charge is 2.29.